The Bertz CT molecular complexity index is 791. The van der Waals surface area contributed by atoms with Crippen molar-refractivity contribution in [3.05, 3.63) is 36.0 Å². The first-order valence-electron chi connectivity index (χ1n) is 11.5. The van der Waals surface area contributed by atoms with Crippen molar-refractivity contribution < 1.29 is 9.59 Å². The number of carbonyl (C=O) groups is 2. The molecule has 0 bridgehead atoms. The predicted octanol–water partition coefficient (Wildman–Crippen LogP) is 5.19. The number of rotatable bonds is 4. The van der Waals surface area contributed by atoms with Crippen LogP contribution in [0.15, 0.2) is 36.0 Å². The molecule has 0 N–H and O–H groups in total. The van der Waals surface area contributed by atoms with E-state index in [0.29, 0.717) is 35.5 Å². The van der Waals surface area contributed by atoms with E-state index in [1.54, 1.807) is 11.0 Å². The van der Waals surface area contributed by atoms with Gasteiger partial charge in [0.1, 0.15) is 0 Å². The van der Waals surface area contributed by atoms with E-state index in [1.807, 2.05) is 20.2 Å². The van der Waals surface area contributed by atoms with Gasteiger partial charge in [0.2, 0.25) is 5.91 Å². The van der Waals surface area contributed by atoms with Crippen LogP contribution in [-0.2, 0) is 9.59 Å². The standard InChI is InChI=1S/C26H37NO2/c1-17(6-11-24(29)27(4)5)21-9-10-22-20-8-7-18-16-19(28)12-14-25(18,2)23(20)13-15-26(21,22)3/h7-8,12,14,16-17,20-23H,6,9-11,13,15H2,1-5H3/t17-,20+,21-,22+,23+,25+,26-/m1/s1. The van der Waals surface area contributed by atoms with Gasteiger partial charge >= 0.3 is 0 Å². The highest BCUT2D eigenvalue weighted by molar-refractivity contribution is 6.01. The summed E-state index contributed by atoms with van der Waals surface area (Å²) in [6.45, 7) is 7.26. The van der Waals surface area contributed by atoms with Crippen LogP contribution in [0, 0.1) is 40.4 Å². The molecule has 1 amide bonds. The molecule has 0 aliphatic heterocycles. The van der Waals surface area contributed by atoms with E-state index in [0.717, 1.165) is 12.3 Å². The van der Waals surface area contributed by atoms with Crippen LogP contribution in [0.2, 0.25) is 0 Å². The maximum absolute atomic E-state index is 12.1. The van der Waals surface area contributed by atoms with E-state index >= 15 is 0 Å². The second-order valence-corrected chi connectivity index (χ2v) is 10.8. The Morgan fingerprint density at radius 3 is 2.66 bits per heavy atom. The molecule has 0 saturated heterocycles. The Hall–Kier alpha value is -1.64. The summed E-state index contributed by atoms with van der Waals surface area (Å²) in [5, 5.41) is 0. The molecule has 3 nitrogen and oxygen atoms in total. The van der Waals surface area contributed by atoms with Gasteiger partial charge in [0.05, 0.1) is 0 Å². The second kappa shape index (κ2) is 7.25. The van der Waals surface area contributed by atoms with Gasteiger partial charge in [0, 0.05) is 25.9 Å². The van der Waals surface area contributed by atoms with Crippen molar-refractivity contribution in [1.82, 2.24) is 4.90 Å². The van der Waals surface area contributed by atoms with Gasteiger partial charge in [-0.2, -0.15) is 0 Å². The highest BCUT2D eigenvalue weighted by atomic mass is 16.2. The monoisotopic (exact) mass is 395 g/mol. The summed E-state index contributed by atoms with van der Waals surface area (Å²) < 4.78 is 0. The Kier molecular flexibility index (Phi) is 5.16. The van der Waals surface area contributed by atoms with Gasteiger partial charge in [0.25, 0.3) is 0 Å². The van der Waals surface area contributed by atoms with Crippen LogP contribution in [0.3, 0.4) is 0 Å². The summed E-state index contributed by atoms with van der Waals surface area (Å²) in [4.78, 5) is 25.7. The number of amides is 1. The minimum Gasteiger partial charge on any atom is -0.349 e. The molecule has 2 fully saturated rings. The van der Waals surface area contributed by atoms with Gasteiger partial charge in [-0.3, -0.25) is 9.59 Å². The summed E-state index contributed by atoms with van der Waals surface area (Å²) in [5.41, 5.74) is 1.59. The van der Waals surface area contributed by atoms with Crippen molar-refractivity contribution in [2.45, 2.75) is 59.3 Å². The predicted molar refractivity (Wildman–Crippen MR) is 117 cm³/mol. The van der Waals surface area contributed by atoms with Gasteiger partial charge in [-0.1, -0.05) is 39.0 Å². The zero-order chi connectivity index (χ0) is 21.0. The quantitative estimate of drug-likeness (QED) is 0.657. The number of carbonyl (C=O) groups excluding carboxylic acids is 2. The van der Waals surface area contributed by atoms with Crippen molar-refractivity contribution in [3.8, 4) is 0 Å². The first-order valence-corrected chi connectivity index (χ1v) is 11.5. The molecular weight excluding hydrogens is 358 g/mol. The Labute approximate surface area is 176 Å². The van der Waals surface area contributed by atoms with Gasteiger partial charge in [-0.15, -0.1) is 0 Å². The number of nitrogens with zero attached hydrogens (tertiary/aromatic N) is 1. The van der Waals surface area contributed by atoms with E-state index in [2.05, 4.69) is 39.0 Å². The average Bonchev–Trinajstić information content (AvgIpc) is 3.03. The molecule has 0 aromatic carbocycles. The van der Waals surface area contributed by atoms with Crippen molar-refractivity contribution in [2.24, 2.45) is 40.4 Å². The van der Waals surface area contributed by atoms with Gasteiger partial charge in [-0.05, 0) is 84.8 Å². The minimum absolute atomic E-state index is 0.0104. The van der Waals surface area contributed by atoms with E-state index in [1.165, 1.54) is 31.3 Å². The lowest BCUT2D eigenvalue weighted by Crippen LogP contribution is -2.48. The average molecular weight is 396 g/mol. The normalized spacial score (nSPS) is 41.3. The lowest BCUT2D eigenvalue weighted by molar-refractivity contribution is -0.129. The molecule has 0 aromatic rings. The second-order valence-electron chi connectivity index (χ2n) is 10.8. The highest BCUT2D eigenvalue weighted by Crippen LogP contribution is 2.65. The molecule has 2 saturated carbocycles. The van der Waals surface area contributed by atoms with Crippen molar-refractivity contribution in [3.63, 3.8) is 0 Å². The lowest BCUT2D eigenvalue weighted by atomic mass is 9.49. The van der Waals surface area contributed by atoms with Crippen LogP contribution in [0.4, 0.5) is 0 Å². The smallest absolute Gasteiger partial charge is 0.222 e. The number of ketones is 1. The van der Waals surface area contributed by atoms with Crippen LogP contribution in [-0.4, -0.2) is 30.7 Å². The first-order chi connectivity index (χ1) is 13.7. The first kappa shape index (κ1) is 20.6. The zero-order valence-corrected chi connectivity index (χ0v) is 18.8. The Morgan fingerprint density at radius 1 is 1.17 bits per heavy atom. The molecule has 29 heavy (non-hydrogen) atoms. The molecule has 158 valence electrons. The third-order valence-electron chi connectivity index (χ3n) is 9.19. The van der Waals surface area contributed by atoms with Crippen LogP contribution in [0.25, 0.3) is 0 Å². The van der Waals surface area contributed by atoms with Crippen LogP contribution in [0.1, 0.15) is 59.3 Å². The summed E-state index contributed by atoms with van der Waals surface area (Å²) in [7, 11) is 3.71. The fourth-order valence-corrected chi connectivity index (χ4v) is 7.40. The molecule has 4 aliphatic rings. The Morgan fingerprint density at radius 2 is 1.93 bits per heavy atom. The van der Waals surface area contributed by atoms with Gasteiger partial charge < -0.3 is 4.90 Å². The fraction of sp³-hybridized carbons (Fsp3) is 0.692. The third-order valence-corrected chi connectivity index (χ3v) is 9.19. The number of hydrogen-bond acceptors (Lipinski definition) is 2. The molecule has 4 aliphatic carbocycles. The number of fused-ring (bicyclic) bond motifs is 5. The molecular formula is C26H37NO2. The summed E-state index contributed by atoms with van der Waals surface area (Å²) >= 11 is 0. The van der Waals surface area contributed by atoms with Crippen molar-refractivity contribution >= 4 is 11.7 Å². The number of allylic oxidation sites excluding steroid dienone is 6. The van der Waals surface area contributed by atoms with E-state index in [9.17, 15) is 9.59 Å². The molecule has 4 rings (SSSR count). The van der Waals surface area contributed by atoms with E-state index in [-0.39, 0.29) is 17.1 Å². The van der Waals surface area contributed by atoms with Crippen molar-refractivity contribution in [2.75, 3.05) is 14.1 Å². The summed E-state index contributed by atoms with van der Waals surface area (Å²) in [6.07, 6.45) is 17.3. The third kappa shape index (κ3) is 3.25. The van der Waals surface area contributed by atoms with Gasteiger partial charge in [-0.25, -0.2) is 0 Å². The maximum atomic E-state index is 12.1. The zero-order valence-electron chi connectivity index (χ0n) is 18.8. The fourth-order valence-electron chi connectivity index (χ4n) is 7.40. The topological polar surface area (TPSA) is 37.4 Å². The van der Waals surface area contributed by atoms with Crippen LogP contribution in [0.5, 0.6) is 0 Å². The van der Waals surface area contributed by atoms with E-state index < -0.39 is 0 Å². The van der Waals surface area contributed by atoms with E-state index in [4.69, 9.17) is 0 Å². The lowest BCUT2D eigenvalue weighted by Gasteiger charge is -2.55. The highest BCUT2D eigenvalue weighted by Gasteiger charge is 2.58. The largest absolute Gasteiger partial charge is 0.349 e. The number of hydrogen-bond donors (Lipinski definition) is 0. The molecule has 7 atom stereocenters. The molecule has 3 heteroatoms. The molecule has 0 heterocycles. The summed E-state index contributed by atoms with van der Waals surface area (Å²) in [5.74, 6) is 3.62. The minimum atomic E-state index is 0.0104. The Balaban J connectivity index is 1.54. The SMILES string of the molecule is C[C@H](CCC(=O)N(C)C)[C@H]1CC[C@H]2[C@@H]3C=CC4=CC(=O)C=C[C@]4(C)[C@H]3CC[C@]12C. The van der Waals surface area contributed by atoms with Crippen LogP contribution >= 0.6 is 0 Å². The molecule has 0 unspecified atom stereocenters. The summed E-state index contributed by atoms with van der Waals surface area (Å²) in [6, 6.07) is 0. The van der Waals surface area contributed by atoms with Crippen LogP contribution < -0.4 is 0 Å². The van der Waals surface area contributed by atoms with Gasteiger partial charge in [0.15, 0.2) is 5.78 Å². The van der Waals surface area contributed by atoms with Crippen molar-refractivity contribution in [1.29, 1.82) is 0 Å². The molecule has 0 spiro atoms. The molecule has 0 radical (unpaired) electrons. The maximum Gasteiger partial charge on any atom is 0.222 e. The molecule has 0 aromatic heterocycles.